The number of ether oxygens (including phenoxy) is 2. The summed E-state index contributed by atoms with van der Waals surface area (Å²) in [5.74, 6) is 0.608. The van der Waals surface area contributed by atoms with Crippen molar-refractivity contribution in [2.24, 2.45) is 0 Å². The molecule has 2 heterocycles. The number of hydrogen-bond acceptors (Lipinski definition) is 6. The number of amides is 5. The molecular formula is C26H30N4O6. The fraction of sp³-hybridized carbons (Fsp3) is 0.385. The Morgan fingerprint density at radius 1 is 1.06 bits per heavy atom. The predicted molar refractivity (Wildman–Crippen MR) is 130 cm³/mol. The molecule has 10 nitrogen and oxygen atoms in total. The number of nitrogens with one attached hydrogen (secondary N) is 2. The third-order valence-corrected chi connectivity index (χ3v) is 6.32. The highest BCUT2D eigenvalue weighted by molar-refractivity contribution is 6.02. The lowest BCUT2D eigenvalue weighted by molar-refractivity contribution is -0.130. The van der Waals surface area contributed by atoms with E-state index in [0.29, 0.717) is 36.5 Å². The summed E-state index contributed by atoms with van der Waals surface area (Å²) in [5, 5.41) is 5.14. The van der Waals surface area contributed by atoms with Crippen LogP contribution in [0.1, 0.15) is 41.3 Å². The fourth-order valence-electron chi connectivity index (χ4n) is 4.31. The minimum Gasteiger partial charge on any atom is -0.496 e. The van der Waals surface area contributed by atoms with Crippen LogP contribution in [0, 0.1) is 0 Å². The van der Waals surface area contributed by atoms with Crippen LogP contribution in [0.5, 0.6) is 11.5 Å². The van der Waals surface area contributed by atoms with Gasteiger partial charge in [-0.3, -0.25) is 19.7 Å². The quantitative estimate of drug-likeness (QED) is 0.543. The number of urea groups is 1. The number of piperidine rings is 1. The largest absolute Gasteiger partial charge is 0.496 e. The molecule has 2 fully saturated rings. The van der Waals surface area contributed by atoms with Crippen molar-refractivity contribution in [1.82, 2.24) is 20.4 Å². The van der Waals surface area contributed by atoms with Gasteiger partial charge in [-0.25, -0.2) is 4.79 Å². The number of benzene rings is 2. The first-order valence-corrected chi connectivity index (χ1v) is 11.9. The average Bonchev–Trinajstić information content (AvgIpc) is 3.19. The number of carbonyl (C=O) groups excluding carboxylic acids is 4. The van der Waals surface area contributed by atoms with E-state index in [4.69, 9.17) is 9.47 Å². The van der Waals surface area contributed by atoms with Gasteiger partial charge in [0.05, 0.1) is 12.7 Å². The van der Waals surface area contributed by atoms with Crippen molar-refractivity contribution in [1.29, 1.82) is 0 Å². The Balaban J connectivity index is 1.32. The number of likely N-dealkylation sites (tertiary alicyclic amines) is 1. The van der Waals surface area contributed by atoms with Gasteiger partial charge in [0.2, 0.25) is 11.8 Å². The molecule has 0 spiro atoms. The Labute approximate surface area is 209 Å². The average molecular weight is 495 g/mol. The highest BCUT2D eigenvalue weighted by Crippen LogP contribution is 2.22. The van der Waals surface area contributed by atoms with Gasteiger partial charge in [-0.05, 0) is 35.4 Å². The van der Waals surface area contributed by atoms with Crippen molar-refractivity contribution in [3.05, 3.63) is 59.2 Å². The second-order valence-corrected chi connectivity index (χ2v) is 8.89. The molecular weight excluding hydrogens is 464 g/mol. The molecule has 0 bridgehead atoms. The highest BCUT2D eigenvalue weighted by atomic mass is 16.5. The first kappa shape index (κ1) is 25.0. The van der Waals surface area contributed by atoms with Crippen LogP contribution >= 0.6 is 0 Å². The van der Waals surface area contributed by atoms with Gasteiger partial charge >= 0.3 is 6.03 Å². The normalized spacial score (nSPS) is 16.1. The standard InChI is InChI=1S/C26H30N4O6/c1-17(31)29-11-9-21(10-12-29)36-20-6-3-18(4-7-20)14-27-25(33)22-13-19(5-8-23(22)35-2)15-30-16-24(32)28-26(30)34/h3-8,13,21H,9-12,14-16H2,1-2H3,(H,27,33)(H,28,32,34). The molecule has 2 aliphatic rings. The summed E-state index contributed by atoms with van der Waals surface area (Å²) in [4.78, 5) is 50.9. The lowest BCUT2D eigenvalue weighted by Gasteiger charge is -2.31. The van der Waals surface area contributed by atoms with Crippen LogP contribution < -0.4 is 20.1 Å². The molecule has 190 valence electrons. The van der Waals surface area contributed by atoms with Crippen LogP contribution in [-0.2, 0) is 22.7 Å². The zero-order valence-corrected chi connectivity index (χ0v) is 20.4. The Morgan fingerprint density at radius 2 is 1.75 bits per heavy atom. The first-order valence-electron chi connectivity index (χ1n) is 11.9. The van der Waals surface area contributed by atoms with E-state index in [1.54, 1.807) is 25.1 Å². The minimum absolute atomic E-state index is 0.0102. The van der Waals surface area contributed by atoms with E-state index in [0.717, 1.165) is 24.2 Å². The molecule has 2 N–H and O–H groups in total. The lowest BCUT2D eigenvalue weighted by atomic mass is 10.1. The topological polar surface area (TPSA) is 117 Å². The van der Waals surface area contributed by atoms with Gasteiger partial charge in [-0.15, -0.1) is 0 Å². The molecule has 0 aromatic heterocycles. The van der Waals surface area contributed by atoms with Gasteiger partial charge < -0.3 is 24.6 Å². The first-order chi connectivity index (χ1) is 17.3. The Kier molecular flexibility index (Phi) is 7.72. The van der Waals surface area contributed by atoms with Crippen LogP contribution in [0.25, 0.3) is 0 Å². The van der Waals surface area contributed by atoms with Crippen molar-refractivity contribution in [3.63, 3.8) is 0 Å². The van der Waals surface area contributed by atoms with Crippen molar-refractivity contribution >= 4 is 23.8 Å². The van der Waals surface area contributed by atoms with Crippen molar-refractivity contribution in [2.45, 2.75) is 39.0 Å². The molecule has 2 aliphatic heterocycles. The molecule has 2 aromatic carbocycles. The summed E-state index contributed by atoms with van der Waals surface area (Å²) < 4.78 is 11.4. The maximum absolute atomic E-state index is 12.9. The number of methoxy groups -OCH3 is 1. The summed E-state index contributed by atoms with van der Waals surface area (Å²) in [6.45, 7) is 3.51. The molecule has 36 heavy (non-hydrogen) atoms. The zero-order chi connectivity index (χ0) is 25.7. The van der Waals surface area contributed by atoms with E-state index in [2.05, 4.69) is 10.6 Å². The van der Waals surface area contributed by atoms with E-state index in [-0.39, 0.29) is 36.9 Å². The van der Waals surface area contributed by atoms with Crippen LogP contribution in [0.3, 0.4) is 0 Å². The maximum Gasteiger partial charge on any atom is 0.324 e. The summed E-state index contributed by atoms with van der Waals surface area (Å²) in [6.07, 6.45) is 1.68. The second-order valence-electron chi connectivity index (χ2n) is 8.89. The van der Waals surface area contributed by atoms with Gasteiger partial charge in [0.25, 0.3) is 5.91 Å². The van der Waals surface area contributed by atoms with Gasteiger partial charge in [0.15, 0.2) is 0 Å². The SMILES string of the molecule is COc1ccc(CN2CC(=O)NC2=O)cc1C(=O)NCc1ccc(OC2CCN(C(C)=O)CC2)cc1. The van der Waals surface area contributed by atoms with Crippen molar-refractivity contribution < 1.29 is 28.7 Å². The Bertz CT molecular complexity index is 1140. The molecule has 0 radical (unpaired) electrons. The summed E-state index contributed by atoms with van der Waals surface area (Å²) >= 11 is 0. The molecule has 0 unspecified atom stereocenters. The molecule has 10 heteroatoms. The van der Waals surface area contributed by atoms with Crippen LogP contribution in [0.4, 0.5) is 4.79 Å². The van der Waals surface area contributed by atoms with Crippen LogP contribution in [0.15, 0.2) is 42.5 Å². The number of imide groups is 1. The van der Waals surface area contributed by atoms with Crippen LogP contribution in [0.2, 0.25) is 0 Å². The second kappa shape index (κ2) is 11.1. The molecule has 0 aliphatic carbocycles. The minimum atomic E-state index is -0.448. The van der Waals surface area contributed by atoms with Crippen molar-refractivity contribution in [2.75, 3.05) is 26.7 Å². The summed E-state index contributed by atoms with van der Waals surface area (Å²) in [7, 11) is 1.49. The highest BCUT2D eigenvalue weighted by Gasteiger charge is 2.27. The number of rotatable bonds is 8. The van der Waals surface area contributed by atoms with E-state index >= 15 is 0 Å². The van der Waals surface area contributed by atoms with E-state index in [9.17, 15) is 19.2 Å². The monoisotopic (exact) mass is 494 g/mol. The Hall–Kier alpha value is -4.08. The molecule has 5 amide bonds. The fourth-order valence-corrected chi connectivity index (χ4v) is 4.31. The number of carbonyl (C=O) groups is 4. The van der Waals surface area contributed by atoms with Gasteiger partial charge in [-0.1, -0.05) is 18.2 Å². The lowest BCUT2D eigenvalue weighted by Crippen LogP contribution is -2.40. The molecule has 2 saturated heterocycles. The van der Waals surface area contributed by atoms with Gasteiger partial charge in [0.1, 0.15) is 24.1 Å². The summed E-state index contributed by atoms with van der Waals surface area (Å²) in [5.41, 5.74) is 1.96. The molecule has 2 aromatic rings. The number of hydrogen-bond donors (Lipinski definition) is 2. The van der Waals surface area contributed by atoms with Crippen LogP contribution in [-0.4, -0.2) is 66.4 Å². The Morgan fingerprint density at radius 3 is 2.36 bits per heavy atom. The van der Waals surface area contributed by atoms with E-state index in [1.165, 1.54) is 12.0 Å². The maximum atomic E-state index is 12.9. The molecule has 0 atom stereocenters. The smallest absolute Gasteiger partial charge is 0.324 e. The predicted octanol–water partition coefficient (Wildman–Crippen LogP) is 2.07. The summed E-state index contributed by atoms with van der Waals surface area (Å²) in [6, 6.07) is 12.2. The molecule has 4 rings (SSSR count). The van der Waals surface area contributed by atoms with Crippen molar-refractivity contribution in [3.8, 4) is 11.5 Å². The number of nitrogens with zero attached hydrogens (tertiary/aromatic N) is 2. The zero-order valence-electron chi connectivity index (χ0n) is 20.4. The van der Waals surface area contributed by atoms with E-state index in [1.807, 2.05) is 29.2 Å². The van der Waals surface area contributed by atoms with E-state index < -0.39 is 6.03 Å². The third-order valence-electron chi connectivity index (χ3n) is 6.32. The van der Waals surface area contributed by atoms with Gasteiger partial charge in [-0.2, -0.15) is 0 Å². The van der Waals surface area contributed by atoms with Gasteiger partial charge in [0, 0.05) is 45.9 Å². The molecule has 0 saturated carbocycles. The third kappa shape index (κ3) is 6.12.